The van der Waals surface area contributed by atoms with Gasteiger partial charge in [0.05, 0.1) is 11.9 Å². The number of hydrogen-bond acceptors (Lipinski definition) is 7. The van der Waals surface area contributed by atoms with E-state index in [1.165, 1.54) is 6.07 Å². The SMILES string of the molecule is CC(C)(C)NC(=O)C1CCC(CNC(=O)c2cc(C(=O)NCc3ccc4c(c3)NC(=O)CO4)nc3c(F)cnn23)CC1. The average Bonchev–Trinajstić information content (AvgIpc) is 3.33. The number of ether oxygens (including phenoxy) is 1. The van der Waals surface area contributed by atoms with Crippen LogP contribution in [-0.4, -0.2) is 56.9 Å². The zero-order valence-electron chi connectivity index (χ0n) is 23.8. The van der Waals surface area contributed by atoms with E-state index in [-0.39, 0.29) is 59.4 Å². The molecule has 222 valence electrons. The van der Waals surface area contributed by atoms with Gasteiger partial charge in [0.2, 0.25) is 5.91 Å². The Morgan fingerprint density at radius 1 is 1.10 bits per heavy atom. The molecule has 1 fully saturated rings. The molecule has 3 aromatic rings. The molecule has 1 aliphatic carbocycles. The molecule has 3 heterocycles. The lowest BCUT2D eigenvalue weighted by Crippen LogP contribution is -2.45. The van der Waals surface area contributed by atoms with Gasteiger partial charge in [0, 0.05) is 30.6 Å². The van der Waals surface area contributed by atoms with E-state index >= 15 is 0 Å². The number of carbonyl (C=O) groups is 4. The number of nitrogens with zero attached hydrogens (tertiary/aromatic N) is 3. The number of halogens is 1. The van der Waals surface area contributed by atoms with E-state index in [0.29, 0.717) is 23.5 Å². The highest BCUT2D eigenvalue weighted by Gasteiger charge is 2.29. The van der Waals surface area contributed by atoms with Crippen LogP contribution in [0.2, 0.25) is 0 Å². The molecular weight excluding hydrogens is 545 g/mol. The van der Waals surface area contributed by atoms with Crippen LogP contribution in [0.3, 0.4) is 0 Å². The van der Waals surface area contributed by atoms with Gasteiger partial charge in [-0.25, -0.2) is 13.9 Å². The number of rotatable bonds is 7. The maximum Gasteiger partial charge on any atom is 0.270 e. The van der Waals surface area contributed by atoms with E-state index in [1.54, 1.807) is 18.2 Å². The van der Waals surface area contributed by atoms with Crippen molar-refractivity contribution in [3.8, 4) is 5.75 Å². The highest BCUT2D eigenvalue weighted by molar-refractivity contribution is 5.98. The Balaban J connectivity index is 1.22. The Kier molecular flexibility index (Phi) is 8.10. The molecule has 0 unspecified atom stereocenters. The van der Waals surface area contributed by atoms with Crippen molar-refractivity contribution in [1.82, 2.24) is 30.5 Å². The molecule has 0 atom stereocenters. The first kappa shape index (κ1) is 29.0. The quantitative estimate of drug-likeness (QED) is 0.335. The van der Waals surface area contributed by atoms with Crippen LogP contribution in [0.1, 0.15) is 73.0 Å². The van der Waals surface area contributed by atoms with Gasteiger partial charge in [0.25, 0.3) is 17.7 Å². The molecule has 2 aliphatic rings. The number of fused-ring (bicyclic) bond motifs is 2. The van der Waals surface area contributed by atoms with Gasteiger partial charge in [-0.3, -0.25) is 19.2 Å². The molecule has 5 rings (SSSR count). The number of anilines is 1. The van der Waals surface area contributed by atoms with Crippen molar-refractivity contribution in [2.45, 2.75) is 58.5 Å². The van der Waals surface area contributed by atoms with Crippen molar-refractivity contribution in [2.24, 2.45) is 11.8 Å². The van der Waals surface area contributed by atoms with Gasteiger partial charge in [-0.05, 0) is 70.1 Å². The fraction of sp³-hybridized carbons (Fsp3) is 0.448. The second-order valence-corrected chi connectivity index (χ2v) is 11.8. The third kappa shape index (κ3) is 6.67. The molecule has 1 aliphatic heterocycles. The molecule has 1 saturated carbocycles. The molecule has 0 radical (unpaired) electrons. The topological polar surface area (TPSA) is 156 Å². The molecule has 12 nitrogen and oxygen atoms in total. The summed E-state index contributed by atoms with van der Waals surface area (Å²) in [7, 11) is 0. The van der Waals surface area contributed by atoms with Crippen LogP contribution >= 0.6 is 0 Å². The highest BCUT2D eigenvalue weighted by atomic mass is 19.1. The predicted octanol–water partition coefficient (Wildman–Crippen LogP) is 2.58. The van der Waals surface area contributed by atoms with Crippen LogP contribution in [0.25, 0.3) is 5.65 Å². The van der Waals surface area contributed by atoms with Crippen LogP contribution in [0, 0.1) is 17.7 Å². The first-order valence-electron chi connectivity index (χ1n) is 13.9. The lowest BCUT2D eigenvalue weighted by atomic mass is 9.81. The second kappa shape index (κ2) is 11.7. The lowest BCUT2D eigenvalue weighted by molar-refractivity contribution is -0.127. The van der Waals surface area contributed by atoms with Gasteiger partial charge in [0.15, 0.2) is 18.1 Å². The van der Waals surface area contributed by atoms with E-state index in [4.69, 9.17) is 4.74 Å². The van der Waals surface area contributed by atoms with Crippen molar-refractivity contribution in [3.63, 3.8) is 0 Å². The van der Waals surface area contributed by atoms with E-state index in [2.05, 4.69) is 31.3 Å². The summed E-state index contributed by atoms with van der Waals surface area (Å²) in [6.07, 6.45) is 3.99. The fourth-order valence-corrected chi connectivity index (χ4v) is 5.16. The first-order valence-corrected chi connectivity index (χ1v) is 13.9. The lowest BCUT2D eigenvalue weighted by Gasteiger charge is -2.30. The van der Waals surface area contributed by atoms with Crippen LogP contribution < -0.4 is 26.0 Å². The molecule has 2 aromatic heterocycles. The summed E-state index contributed by atoms with van der Waals surface area (Å²) in [5, 5.41) is 15.3. The zero-order chi connectivity index (χ0) is 30.0. The largest absolute Gasteiger partial charge is 0.482 e. The molecule has 4 N–H and O–H groups in total. The van der Waals surface area contributed by atoms with Gasteiger partial charge in [-0.1, -0.05) is 6.07 Å². The molecule has 42 heavy (non-hydrogen) atoms. The van der Waals surface area contributed by atoms with E-state index < -0.39 is 17.6 Å². The molecular formula is C29H34FN7O5. The molecule has 0 bridgehead atoms. The van der Waals surface area contributed by atoms with E-state index in [1.807, 2.05) is 20.8 Å². The average molecular weight is 580 g/mol. The maximum absolute atomic E-state index is 14.5. The summed E-state index contributed by atoms with van der Waals surface area (Å²) in [4.78, 5) is 54.4. The van der Waals surface area contributed by atoms with Gasteiger partial charge in [-0.2, -0.15) is 5.10 Å². The molecule has 0 spiro atoms. The predicted molar refractivity (Wildman–Crippen MR) is 150 cm³/mol. The van der Waals surface area contributed by atoms with Crippen molar-refractivity contribution in [2.75, 3.05) is 18.5 Å². The summed E-state index contributed by atoms with van der Waals surface area (Å²) in [5.41, 5.74) is 0.488. The standard InChI is InChI=1S/C29H34FN7O5/c1-29(2,3)36-26(39)18-7-4-16(5-8-18)12-32-28(41)22-11-21(35-25-19(30)14-33-37(22)25)27(40)31-13-17-6-9-23-20(10-17)34-24(38)15-42-23/h6,9-11,14,16,18H,4-5,7-8,12-13,15H2,1-3H3,(H,31,40)(H,32,41)(H,34,38)(H,36,39). The van der Waals surface area contributed by atoms with Crippen molar-refractivity contribution >= 4 is 35.0 Å². The van der Waals surface area contributed by atoms with Crippen LogP contribution in [-0.2, 0) is 16.1 Å². The Hall–Kier alpha value is -4.55. The van der Waals surface area contributed by atoms with E-state index in [0.717, 1.165) is 36.4 Å². The number of hydrogen-bond donors (Lipinski definition) is 4. The Labute approximate surface area is 241 Å². The smallest absolute Gasteiger partial charge is 0.270 e. The monoisotopic (exact) mass is 579 g/mol. The molecule has 1 aromatic carbocycles. The third-order valence-electron chi connectivity index (χ3n) is 7.29. The van der Waals surface area contributed by atoms with Crippen LogP contribution in [0.15, 0.2) is 30.5 Å². The summed E-state index contributed by atoms with van der Waals surface area (Å²) in [6.45, 7) is 6.27. The van der Waals surface area contributed by atoms with Crippen molar-refractivity contribution in [1.29, 1.82) is 0 Å². The minimum Gasteiger partial charge on any atom is -0.482 e. The number of nitrogens with one attached hydrogen (secondary N) is 4. The third-order valence-corrected chi connectivity index (χ3v) is 7.29. The number of carbonyl (C=O) groups excluding carboxylic acids is 4. The number of aromatic nitrogens is 3. The van der Waals surface area contributed by atoms with E-state index in [9.17, 15) is 23.6 Å². The van der Waals surface area contributed by atoms with Gasteiger partial charge >= 0.3 is 0 Å². The number of benzene rings is 1. The summed E-state index contributed by atoms with van der Waals surface area (Å²) in [6, 6.07) is 6.40. The highest BCUT2D eigenvalue weighted by Crippen LogP contribution is 2.30. The Morgan fingerprint density at radius 2 is 1.86 bits per heavy atom. The van der Waals surface area contributed by atoms with Crippen molar-refractivity contribution in [3.05, 3.63) is 53.2 Å². The van der Waals surface area contributed by atoms with Crippen LogP contribution in [0.5, 0.6) is 5.75 Å². The van der Waals surface area contributed by atoms with Gasteiger partial charge < -0.3 is 26.0 Å². The minimum atomic E-state index is -0.768. The molecule has 0 saturated heterocycles. The van der Waals surface area contributed by atoms with Crippen LogP contribution in [0.4, 0.5) is 10.1 Å². The zero-order valence-corrected chi connectivity index (χ0v) is 23.8. The Morgan fingerprint density at radius 3 is 2.60 bits per heavy atom. The normalized spacial score (nSPS) is 18.4. The first-order chi connectivity index (χ1) is 20.0. The molecule has 13 heteroatoms. The second-order valence-electron chi connectivity index (χ2n) is 11.8. The summed E-state index contributed by atoms with van der Waals surface area (Å²) >= 11 is 0. The number of amides is 4. The van der Waals surface area contributed by atoms with Crippen molar-refractivity contribution < 1.29 is 28.3 Å². The summed E-state index contributed by atoms with van der Waals surface area (Å²) < 4.78 is 20.9. The Bertz CT molecular complexity index is 1540. The fourth-order valence-electron chi connectivity index (χ4n) is 5.16. The van der Waals surface area contributed by atoms with Gasteiger partial charge in [-0.15, -0.1) is 0 Å². The van der Waals surface area contributed by atoms with Gasteiger partial charge in [0.1, 0.15) is 17.1 Å². The molecule has 4 amide bonds. The summed E-state index contributed by atoms with van der Waals surface area (Å²) in [5.74, 6) is -1.44. The minimum absolute atomic E-state index is 0.0269. The maximum atomic E-state index is 14.5.